The Hall–Kier alpha value is -3.10. The lowest BCUT2D eigenvalue weighted by Gasteiger charge is -2.47. The molecule has 0 radical (unpaired) electrons. The quantitative estimate of drug-likeness (QED) is 0.597. The molecule has 0 saturated carbocycles. The smallest absolute Gasteiger partial charge is 0.258 e. The van der Waals surface area contributed by atoms with Crippen LogP contribution in [0.3, 0.4) is 0 Å². The van der Waals surface area contributed by atoms with Gasteiger partial charge >= 0.3 is 0 Å². The highest BCUT2D eigenvalue weighted by molar-refractivity contribution is 6.02. The monoisotopic (exact) mass is 463 g/mol. The van der Waals surface area contributed by atoms with Crippen LogP contribution in [0.4, 0.5) is 10.1 Å². The van der Waals surface area contributed by atoms with Crippen LogP contribution in [0.1, 0.15) is 27.8 Å². The molecule has 4 heterocycles. The minimum atomic E-state index is -0.382. The molecule has 2 aromatic carbocycles. The molecule has 1 aromatic heterocycles. The first-order chi connectivity index (χ1) is 16.5. The predicted octanol–water partition coefficient (Wildman–Crippen LogP) is 3.14. The first-order valence-electron chi connectivity index (χ1n) is 11.9. The molecule has 0 N–H and O–H groups in total. The van der Waals surface area contributed by atoms with Gasteiger partial charge in [-0.1, -0.05) is 0 Å². The van der Waals surface area contributed by atoms with Crippen LogP contribution in [0.5, 0.6) is 5.75 Å². The number of halogens is 1. The number of carbonyl (C=O) groups excluding carboxylic acids is 1. The SMILES string of the molecule is COc1ccc2c(c1)c(CN1CCN(C)CC1)c1n2CCN2C(=O)c3cc(F)ccc3N(C)C12. The van der Waals surface area contributed by atoms with Crippen molar-refractivity contribution in [2.24, 2.45) is 0 Å². The Bertz CT molecular complexity index is 1280. The summed E-state index contributed by atoms with van der Waals surface area (Å²) in [5.41, 5.74) is 4.78. The Labute approximate surface area is 198 Å². The molecule has 1 atom stereocenters. The van der Waals surface area contributed by atoms with E-state index in [1.807, 2.05) is 18.0 Å². The van der Waals surface area contributed by atoms with Crippen molar-refractivity contribution in [2.75, 3.05) is 58.8 Å². The normalized spacial score (nSPS) is 20.9. The number of fused-ring (bicyclic) bond motifs is 6. The summed E-state index contributed by atoms with van der Waals surface area (Å²) in [6.07, 6.45) is -0.236. The molecule has 0 aliphatic carbocycles. The van der Waals surface area contributed by atoms with Gasteiger partial charge in [-0.15, -0.1) is 0 Å². The third kappa shape index (κ3) is 3.20. The van der Waals surface area contributed by atoms with Gasteiger partial charge in [0.05, 0.1) is 24.1 Å². The van der Waals surface area contributed by atoms with Crippen LogP contribution in [-0.2, 0) is 13.1 Å². The van der Waals surface area contributed by atoms with Gasteiger partial charge in [0.1, 0.15) is 17.7 Å². The largest absolute Gasteiger partial charge is 0.497 e. The number of rotatable bonds is 3. The van der Waals surface area contributed by atoms with Gasteiger partial charge in [0, 0.05) is 63.8 Å². The number of carbonyl (C=O) groups is 1. The molecule has 8 heteroatoms. The molecule has 1 fully saturated rings. The highest BCUT2D eigenvalue weighted by Crippen LogP contribution is 2.44. The number of anilines is 1. The Kier molecular flexibility index (Phi) is 5.04. The fraction of sp³-hybridized carbons (Fsp3) is 0.423. The van der Waals surface area contributed by atoms with Crippen LogP contribution >= 0.6 is 0 Å². The van der Waals surface area contributed by atoms with Gasteiger partial charge in [-0.2, -0.15) is 0 Å². The second-order valence-electron chi connectivity index (χ2n) is 9.62. The molecule has 0 bridgehead atoms. The van der Waals surface area contributed by atoms with Crippen molar-refractivity contribution in [1.29, 1.82) is 0 Å². The first-order valence-corrected chi connectivity index (χ1v) is 11.9. The second kappa shape index (κ2) is 7.99. The number of aromatic nitrogens is 1. The van der Waals surface area contributed by atoms with E-state index in [1.165, 1.54) is 28.6 Å². The maximum absolute atomic E-state index is 14.0. The van der Waals surface area contributed by atoms with Crippen molar-refractivity contribution in [1.82, 2.24) is 19.3 Å². The molecule has 34 heavy (non-hydrogen) atoms. The van der Waals surface area contributed by atoms with E-state index in [0.29, 0.717) is 18.7 Å². The Morgan fingerprint density at radius 3 is 2.56 bits per heavy atom. The molecule has 178 valence electrons. The van der Waals surface area contributed by atoms with Crippen molar-refractivity contribution in [3.05, 3.63) is 59.0 Å². The zero-order valence-corrected chi connectivity index (χ0v) is 19.9. The van der Waals surface area contributed by atoms with E-state index in [0.717, 1.165) is 49.9 Å². The summed E-state index contributed by atoms with van der Waals surface area (Å²) in [7, 11) is 5.87. The molecule has 6 rings (SSSR count). The van der Waals surface area contributed by atoms with E-state index in [-0.39, 0.29) is 17.9 Å². The molecule has 0 spiro atoms. The van der Waals surface area contributed by atoms with E-state index in [9.17, 15) is 9.18 Å². The zero-order valence-electron chi connectivity index (χ0n) is 19.9. The summed E-state index contributed by atoms with van der Waals surface area (Å²) in [6, 6.07) is 10.8. The third-order valence-corrected chi connectivity index (χ3v) is 7.70. The van der Waals surface area contributed by atoms with Crippen LogP contribution in [0, 0.1) is 5.82 Å². The van der Waals surface area contributed by atoms with E-state index in [1.54, 1.807) is 13.2 Å². The summed E-state index contributed by atoms with van der Waals surface area (Å²) in [5, 5.41) is 1.18. The van der Waals surface area contributed by atoms with Gasteiger partial charge in [0.2, 0.25) is 0 Å². The lowest BCUT2D eigenvalue weighted by Crippen LogP contribution is -2.52. The lowest BCUT2D eigenvalue weighted by atomic mass is 10.00. The maximum Gasteiger partial charge on any atom is 0.258 e. The molecule has 3 aromatic rings. The third-order valence-electron chi connectivity index (χ3n) is 7.70. The fourth-order valence-corrected chi connectivity index (χ4v) is 5.84. The van der Waals surface area contributed by atoms with E-state index in [4.69, 9.17) is 4.74 Å². The van der Waals surface area contributed by atoms with E-state index < -0.39 is 0 Å². The van der Waals surface area contributed by atoms with Gasteiger partial charge in [-0.05, 0) is 49.0 Å². The van der Waals surface area contributed by atoms with E-state index >= 15 is 0 Å². The van der Waals surface area contributed by atoms with Crippen molar-refractivity contribution in [3.63, 3.8) is 0 Å². The molecule has 3 aliphatic rings. The van der Waals surface area contributed by atoms with Crippen LogP contribution in [0.15, 0.2) is 36.4 Å². The molecular weight excluding hydrogens is 433 g/mol. The average Bonchev–Trinajstić information content (AvgIpc) is 3.16. The summed E-state index contributed by atoms with van der Waals surface area (Å²) >= 11 is 0. The summed E-state index contributed by atoms with van der Waals surface area (Å²) in [4.78, 5) is 22.4. The number of ether oxygens (including phenoxy) is 1. The number of methoxy groups -OCH3 is 1. The molecule has 1 amide bonds. The minimum absolute atomic E-state index is 0.0998. The fourth-order valence-electron chi connectivity index (χ4n) is 5.84. The summed E-state index contributed by atoms with van der Waals surface area (Å²) in [6.45, 7) is 6.23. The molecular formula is C26H30FN5O2. The summed E-state index contributed by atoms with van der Waals surface area (Å²) in [5.74, 6) is 0.353. The molecule has 7 nitrogen and oxygen atoms in total. The van der Waals surface area contributed by atoms with Crippen LogP contribution in [0.25, 0.3) is 10.9 Å². The molecule has 1 saturated heterocycles. The number of hydrogen-bond acceptors (Lipinski definition) is 5. The van der Waals surface area contributed by atoms with Gasteiger partial charge in [-0.25, -0.2) is 4.39 Å². The Balaban J connectivity index is 1.52. The van der Waals surface area contributed by atoms with Crippen molar-refractivity contribution in [3.8, 4) is 5.75 Å². The highest BCUT2D eigenvalue weighted by atomic mass is 19.1. The standard InChI is InChI=1S/C26H30FN5O2/c1-28-8-10-30(11-9-28)16-21-19-15-18(34-3)5-7-23(19)31-12-13-32-25(24(21)31)29(2)22-6-4-17(27)14-20(22)26(32)33/h4-7,14-15,25H,8-13,16H2,1-3H3. The topological polar surface area (TPSA) is 44.2 Å². The van der Waals surface area contributed by atoms with Crippen LogP contribution in [0.2, 0.25) is 0 Å². The number of amides is 1. The average molecular weight is 464 g/mol. The van der Waals surface area contributed by atoms with Gasteiger partial charge < -0.3 is 24.0 Å². The number of piperazine rings is 1. The maximum atomic E-state index is 14.0. The summed E-state index contributed by atoms with van der Waals surface area (Å²) < 4.78 is 22.0. The zero-order chi connectivity index (χ0) is 23.6. The van der Waals surface area contributed by atoms with Crippen molar-refractivity contribution >= 4 is 22.5 Å². The highest BCUT2D eigenvalue weighted by Gasteiger charge is 2.43. The molecule has 1 unspecified atom stereocenters. The number of hydrogen-bond donors (Lipinski definition) is 0. The lowest BCUT2D eigenvalue weighted by molar-refractivity contribution is 0.0597. The number of nitrogens with zero attached hydrogens (tertiary/aromatic N) is 5. The van der Waals surface area contributed by atoms with Crippen molar-refractivity contribution < 1.29 is 13.9 Å². The van der Waals surface area contributed by atoms with Gasteiger partial charge in [-0.3, -0.25) is 9.69 Å². The number of benzene rings is 2. The number of likely N-dealkylation sites (N-methyl/N-ethyl adjacent to an activating group) is 1. The second-order valence-corrected chi connectivity index (χ2v) is 9.62. The molecule has 3 aliphatic heterocycles. The van der Waals surface area contributed by atoms with Gasteiger partial charge in [0.15, 0.2) is 0 Å². The Morgan fingerprint density at radius 2 is 1.79 bits per heavy atom. The predicted molar refractivity (Wildman–Crippen MR) is 130 cm³/mol. The van der Waals surface area contributed by atoms with E-state index in [2.05, 4.69) is 38.4 Å². The van der Waals surface area contributed by atoms with Crippen LogP contribution in [-0.4, -0.2) is 79.1 Å². The van der Waals surface area contributed by atoms with Gasteiger partial charge in [0.25, 0.3) is 5.91 Å². The van der Waals surface area contributed by atoms with Crippen molar-refractivity contribution in [2.45, 2.75) is 19.3 Å². The first kappa shape index (κ1) is 21.4. The minimum Gasteiger partial charge on any atom is -0.497 e. The van der Waals surface area contributed by atoms with Crippen LogP contribution < -0.4 is 9.64 Å². The Morgan fingerprint density at radius 1 is 1.00 bits per heavy atom.